The molecule has 0 aromatic heterocycles. The van der Waals surface area contributed by atoms with E-state index in [1.807, 2.05) is 20.8 Å². The molecule has 0 aromatic rings. The molecule has 17 heavy (non-hydrogen) atoms. The average Bonchev–Trinajstić information content (AvgIpc) is 2.15. The summed E-state index contributed by atoms with van der Waals surface area (Å²) in [6.45, 7) is 10.9. The van der Waals surface area contributed by atoms with Crippen LogP contribution >= 0.6 is 0 Å². The van der Waals surface area contributed by atoms with Crippen molar-refractivity contribution in [3.63, 3.8) is 0 Å². The van der Waals surface area contributed by atoms with Gasteiger partial charge in [0.1, 0.15) is 5.60 Å². The molecule has 3 heteroatoms. The van der Waals surface area contributed by atoms with Crippen molar-refractivity contribution >= 4 is 6.09 Å². The van der Waals surface area contributed by atoms with Crippen molar-refractivity contribution in [2.75, 3.05) is 13.6 Å². The van der Waals surface area contributed by atoms with E-state index in [4.69, 9.17) is 4.74 Å². The molecule has 0 aliphatic carbocycles. The molecular weight excluding hydrogens is 214 g/mol. The highest BCUT2D eigenvalue weighted by Crippen LogP contribution is 2.13. The van der Waals surface area contributed by atoms with E-state index in [2.05, 4.69) is 13.8 Å². The number of rotatable bonds is 6. The third kappa shape index (κ3) is 9.02. The highest BCUT2D eigenvalue weighted by Gasteiger charge is 2.19. The average molecular weight is 243 g/mol. The maximum Gasteiger partial charge on any atom is 0.410 e. The van der Waals surface area contributed by atoms with Gasteiger partial charge in [-0.2, -0.15) is 0 Å². The van der Waals surface area contributed by atoms with Crippen molar-refractivity contribution in [1.29, 1.82) is 0 Å². The van der Waals surface area contributed by atoms with Crippen LogP contribution in [0.1, 0.15) is 60.3 Å². The Balaban J connectivity index is 3.78. The summed E-state index contributed by atoms with van der Waals surface area (Å²) < 4.78 is 5.29. The van der Waals surface area contributed by atoms with E-state index in [1.165, 1.54) is 19.3 Å². The highest BCUT2D eigenvalue weighted by molar-refractivity contribution is 5.67. The van der Waals surface area contributed by atoms with Crippen LogP contribution in [0.5, 0.6) is 0 Å². The molecule has 1 amide bonds. The molecule has 0 rings (SSSR count). The van der Waals surface area contributed by atoms with Crippen molar-refractivity contribution in [2.24, 2.45) is 5.92 Å². The van der Waals surface area contributed by atoms with Crippen LogP contribution in [0.25, 0.3) is 0 Å². The van der Waals surface area contributed by atoms with Gasteiger partial charge < -0.3 is 9.64 Å². The Kier molecular flexibility index (Phi) is 7.24. The second-order valence-electron chi connectivity index (χ2n) is 5.94. The van der Waals surface area contributed by atoms with Crippen molar-refractivity contribution in [2.45, 2.75) is 65.9 Å². The minimum atomic E-state index is -0.402. The molecule has 0 radical (unpaired) electrons. The molecule has 0 heterocycles. The number of nitrogens with zero attached hydrogens (tertiary/aromatic N) is 1. The van der Waals surface area contributed by atoms with Crippen molar-refractivity contribution < 1.29 is 9.53 Å². The molecule has 0 aliphatic heterocycles. The SMILES string of the molecule is CCCC(C)CCCN(C)C(=O)OC(C)(C)C. The molecule has 0 N–H and O–H groups in total. The van der Waals surface area contributed by atoms with Crippen LogP contribution in [0.3, 0.4) is 0 Å². The minimum Gasteiger partial charge on any atom is -0.444 e. The summed E-state index contributed by atoms with van der Waals surface area (Å²) in [5.41, 5.74) is -0.402. The van der Waals surface area contributed by atoms with Crippen LogP contribution in [-0.2, 0) is 4.74 Å². The Morgan fingerprint density at radius 3 is 2.35 bits per heavy atom. The molecule has 0 saturated carbocycles. The van der Waals surface area contributed by atoms with E-state index in [9.17, 15) is 4.79 Å². The van der Waals surface area contributed by atoms with Gasteiger partial charge >= 0.3 is 6.09 Å². The number of ether oxygens (including phenoxy) is 1. The predicted molar refractivity (Wildman–Crippen MR) is 72.2 cm³/mol. The normalized spacial score (nSPS) is 13.3. The first-order chi connectivity index (χ1) is 7.76. The largest absolute Gasteiger partial charge is 0.444 e. The molecular formula is C14H29NO2. The molecule has 1 unspecified atom stereocenters. The van der Waals surface area contributed by atoms with Crippen molar-refractivity contribution in [3.05, 3.63) is 0 Å². The van der Waals surface area contributed by atoms with Crippen LogP contribution in [0.2, 0.25) is 0 Å². The molecule has 0 aliphatic rings. The summed E-state index contributed by atoms with van der Waals surface area (Å²) in [5.74, 6) is 0.757. The summed E-state index contributed by atoms with van der Waals surface area (Å²) in [7, 11) is 1.80. The Morgan fingerprint density at radius 2 is 1.88 bits per heavy atom. The molecule has 102 valence electrons. The van der Waals surface area contributed by atoms with Gasteiger partial charge in [-0.3, -0.25) is 0 Å². The molecule has 0 saturated heterocycles. The van der Waals surface area contributed by atoms with E-state index < -0.39 is 5.60 Å². The van der Waals surface area contributed by atoms with Gasteiger partial charge in [-0.15, -0.1) is 0 Å². The molecule has 0 aromatic carbocycles. The lowest BCUT2D eigenvalue weighted by atomic mass is 10.0. The lowest BCUT2D eigenvalue weighted by molar-refractivity contribution is 0.0294. The van der Waals surface area contributed by atoms with Crippen LogP contribution in [0.4, 0.5) is 4.79 Å². The molecule has 3 nitrogen and oxygen atoms in total. The third-order valence-corrected chi connectivity index (χ3v) is 2.68. The molecule has 0 bridgehead atoms. The van der Waals surface area contributed by atoms with Gasteiger partial charge in [-0.25, -0.2) is 4.79 Å². The van der Waals surface area contributed by atoms with Crippen LogP contribution in [-0.4, -0.2) is 30.2 Å². The predicted octanol–water partition coefficient (Wildman–Crippen LogP) is 4.07. The lowest BCUT2D eigenvalue weighted by Crippen LogP contribution is -2.34. The van der Waals surface area contributed by atoms with E-state index in [-0.39, 0.29) is 6.09 Å². The maximum absolute atomic E-state index is 11.7. The first kappa shape index (κ1) is 16.3. The van der Waals surface area contributed by atoms with Gasteiger partial charge in [-0.05, 0) is 39.5 Å². The second-order valence-corrected chi connectivity index (χ2v) is 5.94. The van der Waals surface area contributed by atoms with E-state index in [0.29, 0.717) is 0 Å². The summed E-state index contributed by atoms with van der Waals surface area (Å²) in [5, 5.41) is 0. The minimum absolute atomic E-state index is 0.222. The van der Waals surface area contributed by atoms with Crippen LogP contribution in [0.15, 0.2) is 0 Å². The number of amides is 1. The first-order valence-corrected chi connectivity index (χ1v) is 6.70. The zero-order chi connectivity index (χ0) is 13.5. The van der Waals surface area contributed by atoms with Crippen LogP contribution < -0.4 is 0 Å². The monoisotopic (exact) mass is 243 g/mol. The van der Waals surface area contributed by atoms with Gasteiger partial charge in [0.25, 0.3) is 0 Å². The summed E-state index contributed by atoms with van der Waals surface area (Å²) in [4.78, 5) is 13.3. The summed E-state index contributed by atoms with van der Waals surface area (Å²) in [6, 6.07) is 0. The number of carbonyl (C=O) groups is 1. The molecule has 1 atom stereocenters. The summed E-state index contributed by atoms with van der Waals surface area (Å²) in [6.07, 6.45) is 4.53. The second kappa shape index (κ2) is 7.57. The van der Waals surface area contributed by atoms with E-state index in [1.54, 1.807) is 11.9 Å². The Bertz CT molecular complexity index is 221. The van der Waals surface area contributed by atoms with Gasteiger partial charge in [0, 0.05) is 13.6 Å². The Hall–Kier alpha value is -0.730. The van der Waals surface area contributed by atoms with Crippen molar-refractivity contribution in [1.82, 2.24) is 4.90 Å². The topological polar surface area (TPSA) is 29.5 Å². The first-order valence-electron chi connectivity index (χ1n) is 6.70. The molecule has 0 spiro atoms. The third-order valence-electron chi connectivity index (χ3n) is 2.68. The van der Waals surface area contributed by atoms with E-state index in [0.717, 1.165) is 18.9 Å². The van der Waals surface area contributed by atoms with Crippen molar-refractivity contribution in [3.8, 4) is 0 Å². The zero-order valence-corrected chi connectivity index (χ0v) is 12.4. The fourth-order valence-corrected chi connectivity index (χ4v) is 1.75. The van der Waals surface area contributed by atoms with E-state index >= 15 is 0 Å². The molecule has 0 fully saturated rings. The number of carbonyl (C=O) groups excluding carboxylic acids is 1. The highest BCUT2D eigenvalue weighted by atomic mass is 16.6. The lowest BCUT2D eigenvalue weighted by Gasteiger charge is -2.24. The standard InChI is InChI=1S/C14H29NO2/c1-7-9-12(2)10-8-11-15(6)13(16)17-14(3,4)5/h12H,7-11H2,1-6H3. The quantitative estimate of drug-likeness (QED) is 0.703. The van der Waals surface area contributed by atoms with Gasteiger partial charge in [0.05, 0.1) is 0 Å². The Labute approximate surface area is 107 Å². The fraction of sp³-hybridized carbons (Fsp3) is 0.929. The number of hydrogen-bond acceptors (Lipinski definition) is 2. The van der Waals surface area contributed by atoms with Crippen LogP contribution in [0, 0.1) is 5.92 Å². The van der Waals surface area contributed by atoms with Gasteiger partial charge in [-0.1, -0.05) is 26.7 Å². The Morgan fingerprint density at radius 1 is 1.29 bits per heavy atom. The summed E-state index contributed by atoms with van der Waals surface area (Å²) >= 11 is 0. The number of hydrogen-bond donors (Lipinski definition) is 0. The maximum atomic E-state index is 11.7. The zero-order valence-electron chi connectivity index (χ0n) is 12.4. The van der Waals surface area contributed by atoms with Gasteiger partial charge in [0.2, 0.25) is 0 Å². The fourth-order valence-electron chi connectivity index (χ4n) is 1.75. The smallest absolute Gasteiger partial charge is 0.410 e. The van der Waals surface area contributed by atoms with Gasteiger partial charge in [0.15, 0.2) is 0 Å².